The Bertz CT molecular complexity index is 931. The van der Waals surface area contributed by atoms with E-state index in [4.69, 9.17) is 0 Å². The monoisotopic (exact) mass is 367 g/mol. The van der Waals surface area contributed by atoms with Gasteiger partial charge in [-0.1, -0.05) is 19.9 Å². The van der Waals surface area contributed by atoms with Crippen molar-refractivity contribution in [1.82, 2.24) is 24.8 Å². The molecular weight excluding hydrogens is 346 g/mol. The molecule has 3 aromatic rings. The fourth-order valence-corrected chi connectivity index (χ4v) is 4.35. The second-order valence-corrected chi connectivity index (χ2v) is 7.82. The minimum Gasteiger partial charge on any atom is -0.348 e. The first-order valence-electron chi connectivity index (χ1n) is 8.77. The number of imidazole rings is 1. The van der Waals surface area contributed by atoms with Gasteiger partial charge in [0.05, 0.1) is 28.4 Å². The fourth-order valence-electron chi connectivity index (χ4n) is 3.33. The van der Waals surface area contributed by atoms with E-state index < -0.39 is 0 Å². The molecule has 0 bridgehead atoms. The summed E-state index contributed by atoms with van der Waals surface area (Å²) < 4.78 is 0. The van der Waals surface area contributed by atoms with E-state index in [0.29, 0.717) is 17.3 Å². The Balaban J connectivity index is 1.76. The van der Waals surface area contributed by atoms with Crippen molar-refractivity contribution in [3.8, 4) is 0 Å². The number of hydrogen-bond acceptors (Lipinski definition) is 5. The van der Waals surface area contributed by atoms with E-state index >= 15 is 0 Å². The number of aromatic amines is 1. The summed E-state index contributed by atoms with van der Waals surface area (Å²) in [6.07, 6.45) is 4.22. The van der Waals surface area contributed by atoms with Crippen LogP contribution < -0.4 is 0 Å². The van der Waals surface area contributed by atoms with Crippen molar-refractivity contribution < 1.29 is 4.79 Å². The van der Waals surface area contributed by atoms with Gasteiger partial charge in [-0.05, 0) is 19.1 Å². The van der Waals surface area contributed by atoms with Crippen molar-refractivity contribution in [1.29, 1.82) is 0 Å². The Morgan fingerprint density at radius 2 is 2.19 bits per heavy atom. The molecule has 4 heterocycles. The predicted molar refractivity (Wildman–Crippen MR) is 100 cm³/mol. The summed E-state index contributed by atoms with van der Waals surface area (Å²) in [5, 5.41) is 0.998. The van der Waals surface area contributed by atoms with Gasteiger partial charge in [-0.25, -0.2) is 9.97 Å². The molecule has 1 amide bonds. The fraction of sp³-hybridized carbons (Fsp3) is 0.368. The SMILES string of the molecule is Cc1nc(C(C)C)sc1C(=O)N1CCc2[nH]cnc2[C@H]1c1ccccn1. The quantitative estimate of drug-likeness (QED) is 0.769. The van der Waals surface area contributed by atoms with Gasteiger partial charge in [-0.15, -0.1) is 11.3 Å². The molecule has 0 aliphatic carbocycles. The summed E-state index contributed by atoms with van der Waals surface area (Å²) in [7, 11) is 0. The van der Waals surface area contributed by atoms with Gasteiger partial charge in [0.25, 0.3) is 5.91 Å². The van der Waals surface area contributed by atoms with Gasteiger partial charge in [0.2, 0.25) is 0 Å². The average Bonchev–Trinajstić information content (AvgIpc) is 3.27. The second-order valence-electron chi connectivity index (χ2n) is 6.79. The first kappa shape index (κ1) is 16.9. The summed E-state index contributed by atoms with van der Waals surface area (Å²) in [5.74, 6) is 0.322. The molecule has 1 N–H and O–H groups in total. The smallest absolute Gasteiger partial charge is 0.266 e. The Labute approximate surface area is 156 Å². The van der Waals surface area contributed by atoms with E-state index in [-0.39, 0.29) is 11.9 Å². The van der Waals surface area contributed by atoms with Gasteiger partial charge in [0.15, 0.2) is 0 Å². The van der Waals surface area contributed by atoms with E-state index in [9.17, 15) is 4.79 Å². The Morgan fingerprint density at radius 3 is 2.88 bits per heavy atom. The number of aromatic nitrogens is 4. The molecule has 0 spiro atoms. The van der Waals surface area contributed by atoms with Gasteiger partial charge >= 0.3 is 0 Å². The minimum absolute atomic E-state index is 0.0104. The van der Waals surface area contributed by atoms with Crippen LogP contribution in [0.2, 0.25) is 0 Å². The first-order chi connectivity index (χ1) is 12.6. The highest BCUT2D eigenvalue weighted by Crippen LogP contribution is 2.35. The highest BCUT2D eigenvalue weighted by molar-refractivity contribution is 7.13. The number of hydrogen-bond donors (Lipinski definition) is 1. The molecule has 0 saturated heterocycles. The maximum Gasteiger partial charge on any atom is 0.266 e. The van der Waals surface area contributed by atoms with Crippen LogP contribution in [0.15, 0.2) is 30.7 Å². The Kier molecular flexibility index (Phi) is 4.32. The van der Waals surface area contributed by atoms with E-state index in [1.165, 1.54) is 11.3 Å². The highest BCUT2D eigenvalue weighted by Gasteiger charge is 2.36. The summed E-state index contributed by atoms with van der Waals surface area (Å²) in [4.78, 5) is 32.8. The third-order valence-electron chi connectivity index (χ3n) is 4.66. The summed E-state index contributed by atoms with van der Waals surface area (Å²) in [5.41, 5.74) is 3.60. The van der Waals surface area contributed by atoms with Crippen LogP contribution in [0.3, 0.4) is 0 Å². The zero-order chi connectivity index (χ0) is 18.3. The lowest BCUT2D eigenvalue weighted by atomic mass is 9.99. The van der Waals surface area contributed by atoms with Gasteiger partial charge in [-0.3, -0.25) is 9.78 Å². The van der Waals surface area contributed by atoms with E-state index in [0.717, 1.165) is 34.2 Å². The standard InChI is InChI=1S/C19H21N5OS/c1-11(2)18-23-12(3)17(26-18)19(25)24-9-7-13-15(22-10-21-13)16(24)14-6-4-5-8-20-14/h4-6,8,10-11,16H,7,9H2,1-3H3,(H,21,22)/t16-/m1/s1. The zero-order valence-corrected chi connectivity index (χ0v) is 15.9. The number of fused-ring (bicyclic) bond motifs is 1. The number of carbonyl (C=O) groups excluding carboxylic acids is 1. The number of nitrogens with one attached hydrogen (secondary N) is 1. The normalized spacial score (nSPS) is 16.8. The number of thiazole rings is 1. The number of aryl methyl sites for hydroxylation is 1. The minimum atomic E-state index is -0.275. The van der Waals surface area contributed by atoms with Gasteiger partial charge in [-0.2, -0.15) is 0 Å². The Hall–Kier alpha value is -2.54. The number of pyridine rings is 1. The van der Waals surface area contributed by atoms with Crippen molar-refractivity contribution in [2.24, 2.45) is 0 Å². The zero-order valence-electron chi connectivity index (χ0n) is 15.1. The maximum atomic E-state index is 13.4. The number of nitrogens with zero attached hydrogens (tertiary/aromatic N) is 4. The lowest BCUT2D eigenvalue weighted by Gasteiger charge is -2.34. The molecule has 3 aromatic heterocycles. The molecule has 6 nitrogen and oxygen atoms in total. The van der Waals surface area contributed by atoms with Gasteiger partial charge in [0.1, 0.15) is 10.9 Å². The van der Waals surface area contributed by atoms with Crippen molar-refractivity contribution >= 4 is 17.2 Å². The number of carbonyl (C=O) groups is 1. The van der Waals surface area contributed by atoms with Crippen LogP contribution in [0.5, 0.6) is 0 Å². The molecule has 1 aliphatic rings. The van der Waals surface area contributed by atoms with Crippen LogP contribution >= 0.6 is 11.3 Å². The number of rotatable bonds is 3. The molecule has 0 fully saturated rings. The number of amides is 1. The van der Waals surface area contributed by atoms with Crippen molar-refractivity contribution in [3.63, 3.8) is 0 Å². The maximum absolute atomic E-state index is 13.4. The largest absolute Gasteiger partial charge is 0.348 e. The van der Waals surface area contributed by atoms with Gasteiger partial charge in [0, 0.05) is 30.8 Å². The van der Waals surface area contributed by atoms with Crippen LogP contribution in [-0.4, -0.2) is 37.3 Å². The van der Waals surface area contributed by atoms with E-state index in [2.05, 4.69) is 33.8 Å². The second kappa shape index (κ2) is 6.64. The molecule has 1 atom stereocenters. The van der Waals surface area contributed by atoms with Crippen LogP contribution in [0.25, 0.3) is 0 Å². The third-order valence-corrected chi connectivity index (χ3v) is 6.10. The van der Waals surface area contributed by atoms with Gasteiger partial charge < -0.3 is 9.88 Å². The molecule has 4 rings (SSSR count). The molecule has 0 radical (unpaired) electrons. The molecule has 0 aromatic carbocycles. The molecule has 1 aliphatic heterocycles. The van der Waals surface area contributed by atoms with Crippen molar-refractivity contribution in [2.45, 2.75) is 39.2 Å². The average molecular weight is 367 g/mol. The van der Waals surface area contributed by atoms with Crippen LogP contribution in [0.1, 0.15) is 63.3 Å². The van der Waals surface area contributed by atoms with E-state index in [1.807, 2.05) is 30.0 Å². The highest BCUT2D eigenvalue weighted by atomic mass is 32.1. The molecule has 134 valence electrons. The first-order valence-corrected chi connectivity index (χ1v) is 9.59. The van der Waals surface area contributed by atoms with Crippen LogP contribution in [0.4, 0.5) is 0 Å². The molecule has 26 heavy (non-hydrogen) atoms. The molecule has 0 unspecified atom stereocenters. The van der Waals surface area contributed by atoms with Crippen LogP contribution in [0, 0.1) is 6.92 Å². The topological polar surface area (TPSA) is 74.8 Å². The summed E-state index contributed by atoms with van der Waals surface area (Å²) >= 11 is 1.50. The predicted octanol–water partition coefficient (Wildman–Crippen LogP) is 3.48. The van der Waals surface area contributed by atoms with Crippen molar-refractivity contribution in [3.05, 3.63) is 63.4 Å². The number of H-pyrrole nitrogens is 1. The lowest BCUT2D eigenvalue weighted by molar-refractivity contribution is 0.0691. The Morgan fingerprint density at radius 1 is 1.35 bits per heavy atom. The van der Waals surface area contributed by atoms with Crippen LogP contribution in [-0.2, 0) is 6.42 Å². The summed E-state index contributed by atoms with van der Waals surface area (Å²) in [6, 6.07) is 5.50. The molecular formula is C19H21N5OS. The summed E-state index contributed by atoms with van der Waals surface area (Å²) in [6.45, 7) is 6.74. The van der Waals surface area contributed by atoms with E-state index in [1.54, 1.807) is 12.5 Å². The third kappa shape index (κ3) is 2.82. The molecule has 7 heteroatoms. The lowest BCUT2D eigenvalue weighted by Crippen LogP contribution is -2.41. The van der Waals surface area contributed by atoms with Crippen molar-refractivity contribution in [2.75, 3.05) is 6.54 Å². The molecule has 0 saturated carbocycles.